The third-order valence-electron chi connectivity index (χ3n) is 3.43. The van der Waals surface area contributed by atoms with Crippen molar-refractivity contribution >= 4 is 23.4 Å². The minimum atomic E-state index is -0.163. The smallest absolute Gasteiger partial charge is 0.158 e. The van der Waals surface area contributed by atoms with Crippen LogP contribution in [0.4, 0.5) is 0 Å². The molecule has 3 aromatic rings. The Kier molecular flexibility index (Phi) is 4.00. The molecule has 3 rings (SSSR count). The number of hydrogen-bond donors (Lipinski definition) is 2. The topological polar surface area (TPSA) is 66.2 Å². The maximum absolute atomic E-state index is 9.56. The van der Waals surface area contributed by atoms with Gasteiger partial charge in [0.25, 0.3) is 0 Å². The van der Waals surface area contributed by atoms with E-state index in [0.29, 0.717) is 11.3 Å². The molecular weight excluding hydrogens is 288 g/mol. The second-order valence-electron chi connectivity index (χ2n) is 4.88. The van der Waals surface area contributed by atoms with E-state index in [0.717, 1.165) is 16.6 Å². The number of benzene rings is 2. The molecule has 0 fully saturated rings. The van der Waals surface area contributed by atoms with E-state index >= 15 is 0 Å². The van der Waals surface area contributed by atoms with E-state index in [2.05, 4.69) is 9.97 Å². The number of aryl methyl sites for hydroxylation is 2. The lowest BCUT2D eigenvalue weighted by atomic mass is 10.1. The number of nitrogens with zero attached hydrogens (tertiary/aromatic N) is 2. The van der Waals surface area contributed by atoms with Gasteiger partial charge in [-0.15, -0.1) is 12.4 Å². The van der Waals surface area contributed by atoms with Gasteiger partial charge in [0.05, 0.1) is 22.9 Å². The molecule has 2 N–H and O–H groups in total. The van der Waals surface area contributed by atoms with Crippen LogP contribution in [-0.4, -0.2) is 20.2 Å². The molecule has 0 radical (unpaired) electrons. The molecule has 0 aliphatic rings. The van der Waals surface area contributed by atoms with E-state index in [9.17, 15) is 10.2 Å². The largest absolute Gasteiger partial charge is 0.504 e. The number of hydrogen-bond acceptors (Lipinski definition) is 4. The Morgan fingerprint density at radius 2 is 1.52 bits per heavy atom. The molecular formula is C16H15ClN2O2. The number of halogens is 1. The van der Waals surface area contributed by atoms with Crippen molar-refractivity contribution in [3.05, 3.63) is 47.7 Å². The third kappa shape index (κ3) is 2.76. The zero-order valence-corrected chi connectivity index (χ0v) is 12.5. The lowest BCUT2D eigenvalue weighted by molar-refractivity contribution is 0.404. The summed E-state index contributed by atoms with van der Waals surface area (Å²) >= 11 is 0. The van der Waals surface area contributed by atoms with Crippen molar-refractivity contribution in [2.45, 2.75) is 13.8 Å². The van der Waals surface area contributed by atoms with Gasteiger partial charge in [-0.1, -0.05) is 0 Å². The first-order valence-corrected chi connectivity index (χ1v) is 6.31. The van der Waals surface area contributed by atoms with Crippen LogP contribution in [0.3, 0.4) is 0 Å². The van der Waals surface area contributed by atoms with Crippen molar-refractivity contribution in [1.82, 2.24) is 9.97 Å². The van der Waals surface area contributed by atoms with Crippen LogP contribution in [-0.2, 0) is 0 Å². The first-order valence-electron chi connectivity index (χ1n) is 6.31. The quantitative estimate of drug-likeness (QED) is 0.672. The summed E-state index contributed by atoms with van der Waals surface area (Å²) in [7, 11) is 0. The summed E-state index contributed by atoms with van der Waals surface area (Å²) < 4.78 is 0. The monoisotopic (exact) mass is 302 g/mol. The van der Waals surface area contributed by atoms with Crippen molar-refractivity contribution in [2.24, 2.45) is 0 Å². The van der Waals surface area contributed by atoms with Gasteiger partial charge in [-0.2, -0.15) is 0 Å². The Labute approximate surface area is 128 Å². The Balaban J connectivity index is 0.00000161. The molecule has 0 aliphatic carbocycles. The summed E-state index contributed by atoms with van der Waals surface area (Å²) in [6.07, 6.45) is 1.67. The fourth-order valence-electron chi connectivity index (χ4n) is 2.09. The number of aromatic nitrogens is 2. The maximum Gasteiger partial charge on any atom is 0.158 e. The molecule has 108 valence electrons. The number of phenols is 2. The van der Waals surface area contributed by atoms with Crippen LogP contribution in [0.2, 0.25) is 0 Å². The van der Waals surface area contributed by atoms with Crippen LogP contribution in [0.25, 0.3) is 22.3 Å². The van der Waals surface area contributed by atoms with Gasteiger partial charge >= 0.3 is 0 Å². The molecule has 0 unspecified atom stereocenters. The third-order valence-corrected chi connectivity index (χ3v) is 3.43. The minimum Gasteiger partial charge on any atom is -0.504 e. The molecule has 1 heterocycles. The van der Waals surface area contributed by atoms with Gasteiger partial charge in [-0.05, 0) is 55.3 Å². The zero-order valence-electron chi connectivity index (χ0n) is 11.7. The lowest BCUT2D eigenvalue weighted by Crippen LogP contribution is -1.91. The van der Waals surface area contributed by atoms with Gasteiger partial charge in [0.1, 0.15) is 0 Å². The van der Waals surface area contributed by atoms with E-state index in [1.54, 1.807) is 12.3 Å². The summed E-state index contributed by atoms with van der Waals surface area (Å²) in [4.78, 5) is 8.97. The van der Waals surface area contributed by atoms with Crippen LogP contribution < -0.4 is 0 Å². The Morgan fingerprint density at radius 1 is 0.857 bits per heavy atom. The highest BCUT2D eigenvalue weighted by Gasteiger charge is 2.07. The van der Waals surface area contributed by atoms with Gasteiger partial charge in [-0.3, -0.25) is 4.98 Å². The predicted molar refractivity (Wildman–Crippen MR) is 85.0 cm³/mol. The fraction of sp³-hybridized carbons (Fsp3) is 0.125. The first kappa shape index (κ1) is 15.1. The SMILES string of the molecule is Cc1cc2ncc(-c3ccc(O)c(O)c3)nc2cc1C.Cl. The summed E-state index contributed by atoms with van der Waals surface area (Å²) in [6.45, 7) is 4.08. The van der Waals surface area contributed by atoms with E-state index in [-0.39, 0.29) is 23.9 Å². The second kappa shape index (κ2) is 5.58. The van der Waals surface area contributed by atoms with Crippen molar-refractivity contribution in [3.63, 3.8) is 0 Å². The van der Waals surface area contributed by atoms with Gasteiger partial charge in [0, 0.05) is 5.56 Å². The highest BCUT2D eigenvalue weighted by Crippen LogP contribution is 2.30. The Bertz CT molecular complexity index is 819. The van der Waals surface area contributed by atoms with E-state index in [1.165, 1.54) is 17.7 Å². The van der Waals surface area contributed by atoms with Crippen molar-refractivity contribution < 1.29 is 10.2 Å². The molecule has 0 atom stereocenters. The van der Waals surface area contributed by atoms with Crippen molar-refractivity contribution in [1.29, 1.82) is 0 Å². The molecule has 0 amide bonds. The van der Waals surface area contributed by atoms with Crippen LogP contribution in [0.1, 0.15) is 11.1 Å². The number of rotatable bonds is 1. The lowest BCUT2D eigenvalue weighted by Gasteiger charge is -2.06. The average molecular weight is 303 g/mol. The summed E-state index contributed by atoms with van der Waals surface area (Å²) in [5.74, 6) is -0.307. The van der Waals surface area contributed by atoms with Crippen LogP contribution in [0.5, 0.6) is 11.5 Å². The predicted octanol–water partition coefficient (Wildman–Crippen LogP) is 3.75. The van der Waals surface area contributed by atoms with Crippen LogP contribution in [0.15, 0.2) is 36.5 Å². The minimum absolute atomic E-state index is 0. The van der Waals surface area contributed by atoms with E-state index in [4.69, 9.17) is 0 Å². The highest BCUT2D eigenvalue weighted by atomic mass is 35.5. The molecule has 5 heteroatoms. The zero-order chi connectivity index (χ0) is 14.3. The molecule has 0 saturated heterocycles. The molecule has 0 bridgehead atoms. The number of phenolic OH excluding ortho intramolecular Hbond substituents is 2. The molecule has 0 aliphatic heterocycles. The van der Waals surface area contributed by atoms with Gasteiger partial charge in [0.2, 0.25) is 0 Å². The molecule has 0 spiro atoms. The van der Waals surface area contributed by atoms with Crippen LogP contribution >= 0.6 is 12.4 Å². The standard InChI is InChI=1S/C16H14N2O2.ClH/c1-9-5-12-13(6-10(9)2)18-14(8-17-12)11-3-4-15(19)16(20)7-11;/h3-8,19-20H,1-2H3;1H. The van der Waals surface area contributed by atoms with Crippen LogP contribution in [0, 0.1) is 13.8 Å². The average Bonchev–Trinajstić information content (AvgIpc) is 2.43. The van der Waals surface area contributed by atoms with Crippen molar-refractivity contribution in [2.75, 3.05) is 0 Å². The summed E-state index contributed by atoms with van der Waals surface area (Å²) in [5, 5.41) is 18.9. The number of aromatic hydroxyl groups is 2. The fourth-order valence-corrected chi connectivity index (χ4v) is 2.09. The summed E-state index contributed by atoms with van der Waals surface area (Å²) in [5.41, 5.74) is 5.39. The highest BCUT2D eigenvalue weighted by molar-refractivity contribution is 5.85. The van der Waals surface area contributed by atoms with Gasteiger partial charge < -0.3 is 10.2 Å². The molecule has 21 heavy (non-hydrogen) atoms. The van der Waals surface area contributed by atoms with E-state index < -0.39 is 0 Å². The van der Waals surface area contributed by atoms with Gasteiger partial charge in [0.15, 0.2) is 11.5 Å². The number of fused-ring (bicyclic) bond motifs is 1. The van der Waals surface area contributed by atoms with Gasteiger partial charge in [-0.25, -0.2) is 4.98 Å². The second-order valence-corrected chi connectivity index (χ2v) is 4.88. The molecule has 1 aromatic heterocycles. The van der Waals surface area contributed by atoms with Crippen molar-refractivity contribution in [3.8, 4) is 22.8 Å². The van der Waals surface area contributed by atoms with E-state index in [1.807, 2.05) is 26.0 Å². The maximum atomic E-state index is 9.56. The molecule has 4 nitrogen and oxygen atoms in total. The Morgan fingerprint density at radius 3 is 2.19 bits per heavy atom. The Hall–Kier alpha value is -2.33. The summed E-state index contributed by atoms with van der Waals surface area (Å²) in [6, 6.07) is 8.63. The molecule has 0 saturated carbocycles. The normalized spacial score (nSPS) is 10.4. The first-order chi connectivity index (χ1) is 9.54. The molecule has 2 aromatic carbocycles.